The molecule has 0 aliphatic rings. The van der Waals surface area contributed by atoms with Crippen LogP contribution in [0.4, 0.5) is 0 Å². The van der Waals surface area contributed by atoms with Crippen molar-refractivity contribution >= 4 is 11.8 Å². The zero-order valence-corrected chi connectivity index (χ0v) is 11.3. The summed E-state index contributed by atoms with van der Waals surface area (Å²) >= 11 is 0. The molecule has 0 bridgehead atoms. The molecule has 2 amide bonds. The van der Waals surface area contributed by atoms with Gasteiger partial charge in [0.25, 0.3) is 11.8 Å². The van der Waals surface area contributed by atoms with Crippen LogP contribution in [0.3, 0.4) is 0 Å². The molecule has 0 atom stereocenters. The third-order valence-corrected chi connectivity index (χ3v) is 2.46. The minimum Gasteiger partial charge on any atom is -0.484 e. The third kappa shape index (κ3) is 5.36. The molecule has 0 unspecified atom stereocenters. The van der Waals surface area contributed by atoms with Gasteiger partial charge in [-0.2, -0.15) is 5.32 Å². The number of amides is 2. The van der Waals surface area contributed by atoms with E-state index in [0.717, 1.165) is 0 Å². The van der Waals surface area contributed by atoms with E-state index in [0.29, 0.717) is 11.5 Å². The molecule has 0 fully saturated rings. The molecule has 2 aromatic carbocycles. The predicted molar refractivity (Wildman–Crippen MR) is 76.0 cm³/mol. The largest absolute Gasteiger partial charge is 0.484 e. The van der Waals surface area contributed by atoms with E-state index in [9.17, 15) is 9.59 Å². The minimum absolute atomic E-state index is 0.277. The molecule has 0 heterocycles. The highest BCUT2D eigenvalue weighted by Crippen LogP contribution is 2.08. The molecule has 0 aliphatic carbocycles. The van der Waals surface area contributed by atoms with Gasteiger partial charge in [0.2, 0.25) is 0 Å². The van der Waals surface area contributed by atoms with Crippen LogP contribution in [-0.4, -0.2) is 25.0 Å². The Bertz CT molecular complexity index is 530. The Morgan fingerprint density at radius 2 is 1.10 bits per heavy atom. The lowest BCUT2D eigenvalue weighted by atomic mass is 10.3. The van der Waals surface area contributed by atoms with Crippen LogP contribution in [0.15, 0.2) is 60.7 Å². The van der Waals surface area contributed by atoms with Crippen LogP contribution >= 0.6 is 0 Å². The van der Waals surface area contributed by atoms with Gasteiger partial charge in [0.05, 0.1) is 0 Å². The van der Waals surface area contributed by atoms with Crippen LogP contribution < -0.4 is 14.8 Å². The predicted octanol–water partition coefficient (Wildman–Crippen LogP) is 1.80. The highest BCUT2D eigenvalue weighted by atomic mass is 16.5. The van der Waals surface area contributed by atoms with Crippen molar-refractivity contribution in [3.05, 3.63) is 60.7 Å². The Morgan fingerprint density at radius 3 is 1.48 bits per heavy atom. The molecular formula is C16H14NO4. The van der Waals surface area contributed by atoms with Gasteiger partial charge in [0.1, 0.15) is 11.5 Å². The Kier molecular flexibility index (Phi) is 5.34. The molecule has 0 spiro atoms. The van der Waals surface area contributed by atoms with Crippen LogP contribution in [0.5, 0.6) is 11.5 Å². The SMILES string of the molecule is O=C(COc1ccccc1)[N]C(=O)COc1ccccc1. The van der Waals surface area contributed by atoms with Crippen LogP contribution in [-0.2, 0) is 9.59 Å². The number of rotatable bonds is 6. The summed E-state index contributed by atoms with van der Waals surface area (Å²) in [6.45, 7) is -0.553. The van der Waals surface area contributed by atoms with Crippen molar-refractivity contribution in [3.8, 4) is 11.5 Å². The first-order valence-corrected chi connectivity index (χ1v) is 6.37. The van der Waals surface area contributed by atoms with Crippen molar-refractivity contribution in [2.75, 3.05) is 13.2 Å². The standard InChI is InChI=1S/C16H14NO4/c18-15(11-20-13-7-3-1-4-8-13)17-16(19)12-21-14-9-5-2-6-10-14/h1-10H,11-12H2. The number of hydrogen-bond donors (Lipinski definition) is 0. The van der Waals surface area contributed by atoms with Gasteiger partial charge in [-0.05, 0) is 24.3 Å². The Labute approximate surface area is 122 Å². The van der Waals surface area contributed by atoms with Gasteiger partial charge in [0, 0.05) is 0 Å². The monoisotopic (exact) mass is 284 g/mol. The number of nitrogens with zero attached hydrogens (tertiary/aromatic N) is 1. The maximum Gasteiger partial charge on any atom is 0.286 e. The number of carbonyl (C=O) groups excluding carboxylic acids is 2. The van der Waals surface area contributed by atoms with Crippen molar-refractivity contribution in [1.29, 1.82) is 0 Å². The van der Waals surface area contributed by atoms with Crippen molar-refractivity contribution in [1.82, 2.24) is 5.32 Å². The van der Waals surface area contributed by atoms with Crippen molar-refractivity contribution in [2.45, 2.75) is 0 Å². The second kappa shape index (κ2) is 7.69. The van der Waals surface area contributed by atoms with Crippen LogP contribution in [0.2, 0.25) is 0 Å². The third-order valence-electron chi connectivity index (χ3n) is 2.46. The van der Waals surface area contributed by atoms with Crippen LogP contribution in [0.25, 0.3) is 0 Å². The number of hydrogen-bond acceptors (Lipinski definition) is 4. The topological polar surface area (TPSA) is 66.7 Å². The minimum atomic E-state index is -0.638. The van der Waals surface area contributed by atoms with Crippen molar-refractivity contribution < 1.29 is 19.1 Å². The summed E-state index contributed by atoms with van der Waals surface area (Å²) in [7, 11) is 0. The molecule has 107 valence electrons. The average molecular weight is 284 g/mol. The van der Waals surface area contributed by atoms with E-state index in [1.54, 1.807) is 48.5 Å². The molecule has 2 aromatic rings. The molecular weight excluding hydrogens is 270 g/mol. The van der Waals surface area contributed by atoms with Gasteiger partial charge >= 0.3 is 0 Å². The molecule has 0 saturated heterocycles. The zero-order valence-electron chi connectivity index (χ0n) is 11.3. The van der Waals surface area contributed by atoms with E-state index >= 15 is 0 Å². The Hall–Kier alpha value is -2.82. The number of ether oxygens (including phenoxy) is 2. The fourth-order valence-corrected chi connectivity index (χ4v) is 1.53. The van der Waals surface area contributed by atoms with E-state index in [1.165, 1.54) is 0 Å². The highest BCUT2D eigenvalue weighted by molar-refractivity contribution is 5.96. The first-order valence-electron chi connectivity index (χ1n) is 6.37. The first-order chi connectivity index (χ1) is 10.2. The van der Waals surface area contributed by atoms with Gasteiger partial charge in [0.15, 0.2) is 13.2 Å². The number of para-hydroxylation sites is 2. The molecule has 0 aromatic heterocycles. The van der Waals surface area contributed by atoms with Gasteiger partial charge in [-0.15, -0.1) is 0 Å². The molecule has 0 saturated carbocycles. The van der Waals surface area contributed by atoms with E-state index in [-0.39, 0.29) is 13.2 Å². The van der Waals surface area contributed by atoms with Crippen LogP contribution in [0.1, 0.15) is 0 Å². The summed E-state index contributed by atoms with van der Waals surface area (Å²) in [6, 6.07) is 17.7. The smallest absolute Gasteiger partial charge is 0.286 e. The number of benzene rings is 2. The van der Waals surface area contributed by atoms with E-state index in [2.05, 4.69) is 5.32 Å². The van der Waals surface area contributed by atoms with Gasteiger partial charge < -0.3 is 9.47 Å². The maximum absolute atomic E-state index is 11.5. The summed E-state index contributed by atoms with van der Waals surface area (Å²) in [5, 5.41) is 3.38. The summed E-state index contributed by atoms with van der Waals surface area (Å²) in [4.78, 5) is 22.9. The summed E-state index contributed by atoms with van der Waals surface area (Å²) in [5.74, 6) is -0.177. The normalized spacial score (nSPS) is 9.71. The second-order valence-corrected chi connectivity index (χ2v) is 4.10. The van der Waals surface area contributed by atoms with E-state index in [4.69, 9.17) is 9.47 Å². The summed E-state index contributed by atoms with van der Waals surface area (Å²) in [5.41, 5.74) is 0. The van der Waals surface area contributed by atoms with Crippen LogP contribution in [0, 0.1) is 0 Å². The lowest BCUT2D eigenvalue weighted by molar-refractivity contribution is -0.133. The molecule has 2 rings (SSSR count). The lowest BCUT2D eigenvalue weighted by Gasteiger charge is -2.06. The fraction of sp³-hybridized carbons (Fsp3) is 0.125. The quantitative estimate of drug-likeness (QED) is 0.811. The number of carbonyl (C=O) groups is 2. The van der Waals surface area contributed by atoms with Gasteiger partial charge in [-0.1, -0.05) is 36.4 Å². The highest BCUT2D eigenvalue weighted by Gasteiger charge is 2.12. The van der Waals surface area contributed by atoms with E-state index < -0.39 is 11.8 Å². The van der Waals surface area contributed by atoms with E-state index in [1.807, 2.05) is 12.1 Å². The summed E-state index contributed by atoms with van der Waals surface area (Å²) in [6.07, 6.45) is 0. The van der Waals surface area contributed by atoms with Crippen molar-refractivity contribution in [3.63, 3.8) is 0 Å². The molecule has 21 heavy (non-hydrogen) atoms. The zero-order chi connectivity index (χ0) is 14.9. The maximum atomic E-state index is 11.5. The summed E-state index contributed by atoms with van der Waals surface area (Å²) < 4.78 is 10.4. The number of imide groups is 1. The Morgan fingerprint density at radius 1 is 0.714 bits per heavy atom. The fourth-order valence-electron chi connectivity index (χ4n) is 1.53. The second-order valence-electron chi connectivity index (χ2n) is 4.10. The molecule has 1 radical (unpaired) electrons. The molecule has 0 aliphatic heterocycles. The molecule has 0 N–H and O–H groups in total. The average Bonchev–Trinajstić information content (AvgIpc) is 2.53. The molecule has 5 heteroatoms. The van der Waals surface area contributed by atoms with Gasteiger partial charge in [-0.3, -0.25) is 9.59 Å². The molecule has 5 nitrogen and oxygen atoms in total. The van der Waals surface area contributed by atoms with Gasteiger partial charge in [-0.25, -0.2) is 0 Å². The lowest BCUT2D eigenvalue weighted by Crippen LogP contribution is -2.31. The Balaban J connectivity index is 1.69. The first kappa shape index (κ1) is 14.6. The van der Waals surface area contributed by atoms with Crippen molar-refractivity contribution in [2.24, 2.45) is 0 Å².